The summed E-state index contributed by atoms with van der Waals surface area (Å²) in [5, 5.41) is 15.5. The predicted octanol–water partition coefficient (Wildman–Crippen LogP) is -0.880. The SMILES string of the molecule is Cn1c(NCC2CCCN2)c(C#N)c(=O)n(C)c1=O. The molecule has 19 heavy (non-hydrogen) atoms. The van der Waals surface area contributed by atoms with Gasteiger partial charge in [-0.15, -0.1) is 0 Å². The van der Waals surface area contributed by atoms with E-state index in [-0.39, 0.29) is 5.56 Å². The monoisotopic (exact) mass is 263 g/mol. The number of nitrogens with zero attached hydrogens (tertiary/aromatic N) is 3. The van der Waals surface area contributed by atoms with Crippen molar-refractivity contribution >= 4 is 5.82 Å². The Bertz CT molecular complexity index is 631. The second-order valence-electron chi connectivity index (χ2n) is 4.72. The van der Waals surface area contributed by atoms with Crippen molar-refractivity contribution in [3.05, 3.63) is 26.4 Å². The number of hydrogen-bond donors (Lipinski definition) is 2. The normalized spacial score (nSPS) is 18.3. The molecule has 0 aromatic carbocycles. The zero-order chi connectivity index (χ0) is 14.0. The fraction of sp³-hybridized carbons (Fsp3) is 0.583. The van der Waals surface area contributed by atoms with E-state index in [2.05, 4.69) is 10.6 Å². The van der Waals surface area contributed by atoms with E-state index in [4.69, 9.17) is 5.26 Å². The lowest BCUT2D eigenvalue weighted by atomic mass is 10.2. The van der Waals surface area contributed by atoms with Gasteiger partial charge in [0.25, 0.3) is 5.56 Å². The first-order valence-electron chi connectivity index (χ1n) is 6.23. The van der Waals surface area contributed by atoms with Crippen LogP contribution in [0.5, 0.6) is 0 Å². The van der Waals surface area contributed by atoms with Crippen molar-refractivity contribution in [2.45, 2.75) is 18.9 Å². The van der Waals surface area contributed by atoms with Crippen LogP contribution in [-0.2, 0) is 14.1 Å². The van der Waals surface area contributed by atoms with E-state index in [0.29, 0.717) is 18.4 Å². The summed E-state index contributed by atoms with van der Waals surface area (Å²) in [4.78, 5) is 23.7. The van der Waals surface area contributed by atoms with Crippen molar-refractivity contribution in [1.82, 2.24) is 14.5 Å². The van der Waals surface area contributed by atoms with E-state index in [1.165, 1.54) is 11.6 Å². The third kappa shape index (κ3) is 2.39. The van der Waals surface area contributed by atoms with Crippen LogP contribution in [0.2, 0.25) is 0 Å². The minimum Gasteiger partial charge on any atom is -0.369 e. The van der Waals surface area contributed by atoms with Crippen LogP contribution in [0.3, 0.4) is 0 Å². The average molecular weight is 263 g/mol. The molecule has 1 saturated heterocycles. The van der Waals surface area contributed by atoms with Crippen LogP contribution in [0, 0.1) is 11.3 Å². The topological polar surface area (TPSA) is 91.8 Å². The molecular weight excluding hydrogens is 246 g/mol. The molecule has 0 saturated carbocycles. The van der Waals surface area contributed by atoms with Crippen molar-refractivity contribution in [3.63, 3.8) is 0 Å². The van der Waals surface area contributed by atoms with Crippen LogP contribution >= 0.6 is 0 Å². The molecule has 1 fully saturated rings. The van der Waals surface area contributed by atoms with E-state index in [0.717, 1.165) is 24.0 Å². The Morgan fingerprint density at radius 2 is 2.16 bits per heavy atom. The first-order valence-corrected chi connectivity index (χ1v) is 6.23. The molecule has 0 amide bonds. The van der Waals surface area contributed by atoms with Gasteiger partial charge in [0, 0.05) is 26.7 Å². The summed E-state index contributed by atoms with van der Waals surface area (Å²) in [7, 11) is 2.92. The maximum absolute atomic E-state index is 11.9. The van der Waals surface area contributed by atoms with E-state index >= 15 is 0 Å². The van der Waals surface area contributed by atoms with Crippen molar-refractivity contribution < 1.29 is 0 Å². The van der Waals surface area contributed by atoms with Crippen LogP contribution in [0.4, 0.5) is 5.82 Å². The number of nitriles is 1. The molecular formula is C12H17N5O2. The van der Waals surface area contributed by atoms with Crippen LogP contribution < -0.4 is 21.9 Å². The van der Waals surface area contributed by atoms with Gasteiger partial charge in [-0.3, -0.25) is 13.9 Å². The van der Waals surface area contributed by atoms with Gasteiger partial charge in [0.15, 0.2) is 5.56 Å². The molecule has 7 nitrogen and oxygen atoms in total. The minimum atomic E-state index is -0.563. The third-order valence-electron chi connectivity index (χ3n) is 3.45. The highest BCUT2D eigenvalue weighted by Gasteiger charge is 2.18. The van der Waals surface area contributed by atoms with E-state index in [1.54, 1.807) is 7.05 Å². The molecule has 0 radical (unpaired) electrons. The Balaban J connectivity index is 2.36. The number of anilines is 1. The highest BCUT2D eigenvalue weighted by atomic mass is 16.2. The molecule has 1 aromatic rings. The first kappa shape index (κ1) is 13.4. The molecule has 1 atom stereocenters. The standard InChI is InChI=1S/C12H17N5O2/c1-16-10(15-7-8-4-3-5-14-8)9(6-13)11(18)17(2)12(16)19/h8,14-15H,3-5,7H2,1-2H3. The molecule has 102 valence electrons. The summed E-state index contributed by atoms with van der Waals surface area (Å²) in [6.07, 6.45) is 2.17. The second kappa shape index (κ2) is 5.28. The van der Waals surface area contributed by atoms with Crippen molar-refractivity contribution in [1.29, 1.82) is 5.26 Å². The molecule has 1 aliphatic rings. The molecule has 2 heterocycles. The van der Waals surface area contributed by atoms with Crippen LogP contribution in [0.1, 0.15) is 18.4 Å². The molecule has 0 spiro atoms. The van der Waals surface area contributed by atoms with Crippen molar-refractivity contribution in [2.24, 2.45) is 14.1 Å². The number of hydrogen-bond acceptors (Lipinski definition) is 5. The summed E-state index contributed by atoms with van der Waals surface area (Å²) in [6.45, 7) is 1.57. The van der Waals surface area contributed by atoms with Crippen LogP contribution in [-0.4, -0.2) is 28.3 Å². The summed E-state index contributed by atoms with van der Waals surface area (Å²) in [5.41, 5.74) is -1.03. The summed E-state index contributed by atoms with van der Waals surface area (Å²) in [6, 6.07) is 2.18. The molecule has 1 aliphatic heterocycles. The third-order valence-corrected chi connectivity index (χ3v) is 3.45. The molecule has 7 heteroatoms. The summed E-state index contributed by atoms with van der Waals surface area (Å²) < 4.78 is 2.24. The Labute approximate surface area is 110 Å². The van der Waals surface area contributed by atoms with Gasteiger partial charge in [-0.1, -0.05) is 0 Å². The summed E-state index contributed by atoms with van der Waals surface area (Å²) >= 11 is 0. The van der Waals surface area contributed by atoms with Crippen molar-refractivity contribution in [3.8, 4) is 6.07 Å². The van der Waals surface area contributed by atoms with Crippen molar-refractivity contribution in [2.75, 3.05) is 18.4 Å². The zero-order valence-corrected chi connectivity index (χ0v) is 11.1. The Kier molecular flexibility index (Phi) is 3.71. The van der Waals surface area contributed by atoms with Gasteiger partial charge >= 0.3 is 5.69 Å². The Morgan fingerprint density at radius 1 is 1.42 bits per heavy atom. The molecule has 1 aromatic heterocycles. The van der Waals surface area contributed by atoms with Crippen LogP contribution in [0.25, 0.3) is 0 Å². The fourth-order valence-corrected chi connectivity index (χ4v) is 2.30. The molecule has 0 bridgehead atoms. The number of rotatable bonds is 3. The van der Waals surface area contributed by atoms with E-state index in [1.807, 2.05) is 6.07 Å². The van der Waals surface area contributed by atoms with E-state index < -0.39 is 11.2 Å². The number of aromatic nitrogens is 2. The van der Waals surface area contributed by atoms with Crippen LogP contribution in [0.15, 0.2) is 9.59 Å². The van der Waals surface area contributed by atoms with Gasteiger partial charge in [0.05, 0.1) is 0 Å². The second-order valence-corrected chi connectivity index (χ2v) is 4.72. The van der Waals surface area contributed by atoms with Gasteiger partial charge in [-0.2, -0.15) is 5.26 Å². The predicted molar refractivity (Wildman–Crippen MR) is 71.2 cm³/mol. The molecule has 2 rings (SSSR count). The van der Waals surface area contributed by atoms with Gasteiger partial charge in [-0.25, -0.2) is 4.79 Å². The zero-order valence-electron chi connectivity index (χ0n) is 11.1. The highest BCUT2D eigenvalue weighted by Crippen LogP contribution is 2.10. The average Bonchev–Trinajstić information content (AvgIpc) is 2.92. The number of nitrogens with one attached hydrogen (secondary N) is 2. The molecule has 2 N–H and O–H groups in total. The molecule has 1 unspecified atom stereocenters. The lowest BCUT2D eigenvalue weighted by Gasteiger charge is -2.16. The quantitative estimate of drug-likeness (QED) is 0.739. The maximum Gasteiger partial charge on any atom is 0.332 e. The largest absolute Gasteiger partial charge is 0.369 e. The van der Waals surface area contributed by atoms with Gasteiger partial charge < -0.3 is 10.6 Å². The van der Waals surface area contributed by atoms with Gasteiger partial charge in [0.2, 0.25) is 0 Å². The smallest absolute Gasteiger partial charge is 0.332 e. The van der Waals surface area contributed by atoms with Gasteiger partial charge in [-0.05, 0) is 19.4 Å². The fourth-order valence-electron chi connectivity index (χ4n) is 2.30. The molecule has 0 aliphatic carbocycles. The lowest BCUT2D eigenvalue weighted by Crippen LogP contribution is -2.41. The minimum absolute atomic E-state index is 0.0254. The van der Waals surface area contributed by atoms with Gasteiger partial charge in [0.1, 0.15) is 11.9 Å². The highest BCUT2D eigenvalue weighted by molar-refractivity contribution is 5.51. The lowest BCUT2D eigenvalue weighted by molar-refractivity contribution is 0.623. The maximum atomic E-state index is 11.9. The Morgan fingerprint density at radius 3 is 2.74 bits per heavy atom. The van der Waals surface area contributed by atoms with E-state index in [9.17, 15) is 9.59 Å². The Hall–Kier alpha value is -2.07. The first-order chi connectivity index (χ1) is 9.06. The summed E-state index contributed by atoms with van der Waals surface area (Å²) in [5.74, 6) is 0.296.